The second kappa shape index (κ2) is 8.36. The Kier molecular flexibility index (Phi) is 5.86. The molecule has 0 radical (unpaired) electrons. The van der Waals surface area contributed by atoms with Crippen molar-refractivity contribution in [1.29, 1.82) is 0 Å². The van der Waals surface area contributed by atoms with Crippen molar-refractivity contribution < 1.29 is 9.59 Å². The van der Waals surface area contributed by atoms with E-state index in [0.29, 0.717) is 34.1 Å². The van der Waals surface area contributed by atoms with E-state index in [1.807, 2.05) is 0 Å². The lowest BCUT2D eigenvalue weighted by atomic mass is 9.96. The molecule has 154 valence electrons. The first-order chi connectivity index (χ1) is 13.5. The van der Waals surface area contributed by atoms with Crippen LogP contribution >= 0.6 is 24.4 Å². The summed E-state index contributed by atoms with van der Waals surface area (Å²) < 4.78 is 0. The molecule has 0 spiro atoms. The maximum absolute atomic E-state index is 11.9. The van der Waals surface area contributed by atoms with Crippen LogP contribution in [0.2, 0.25) is 0 Å². The molecule has 0 aromatic heterocycles. The molecule has 4 aliphatic rings. The second-order valence-corrected chi connectivity index (χ2v) is 9.48. The van der Waals surface area contributed by atoms with Crippen LogP contribution in [0.4, 0.5) is 0 Å². The highest BCUT2D eigenvalue weighted by molar-refractivity contribution is 7.80. The molecule has 28 heavy (non-hydrogen) atoms. The number of hydrogen-bond acceptors (Lipinski definition) is 4. The van der Waals surface area contributed by atoms with E-state index in [1.54, 1.807) is 0 Å². The van der Waals surface area contributed by atoms with E-state index < -0.39 is 11.8 Å². The van der Waals surface area contributed by atoms with Gasteiger partial charge in [-0.15, -0.1) is 0 Å². The summed E-state index contributed by atoms with van der Waals surface area (Å²) in [5.41, 5.74) is 9.82. The molecule has 0 aromatic carbocycles. The third kappa shape index (κ3) is 4.48. The maximum atomic E-state index is 11.9. The van der Waals surface area contributed by atoms with E-state index >= 15 is 0 Å². The normalized spacial score (nSPS) is 34.6. The number of amides is 2. The minimum atomic E-state index is -0.840. The Morgan fingerprint density at radius 1 is 0.607 bits per heavy atom. The molecule has 6 N–H and O–H groups in total. The van der Waals surface area contributed by atoms with Crippen molar-refractivity contribution in [3.63, 3.8) is 0 Å². The lowest BCUT2D eigenvalue weighted by molar-refractivity contribution is -0.139. The van der Waals surface area contributed by atoms with Crippen LogP contribution in [0.5, 0.6) is 0 Å². The van der Waals surface area contributed by atoms with E-state index in [9.17, 15) is 9.59 Å². The van der Waals surface area contributed by atoms with Crippen molar-refractivity contribution in [2.24, 2.45) is 23.7 Å². The molecule has 10 heteroatoms. The number of thiocarbonyl (C=S) groups is 2. The lowest BCUT2D eigenvalue weighted by Crippen LogP contribution is -2.57. The van der Waals surface area contributed by atoms with Crippen molar-refractivity contribution >= 4 is 46.5 Å². The van der Waals surface area contributed by atoms with Gasteiger partial charge < -0.3 is 10.6 Å². The molecule has 4 rings (SSSR count). The quantitative estimate of drug-likeness (QED) is 0.214. The number of hydrogen-bond donors (Lipinski definition) is 6. The molecule has 0 aromatic rings. The first kappa shape index (κ1) is 19.6. The molecular weight excluding hydrogens is 396 g/mol. The van der Waals surface area contributed by atoms with Crippen molar-refractivity contribution in [2.75, 3.05) is 0 Å². The van der Waals surface area contributed by atoms with Gasteiger partial charge in [0.05, 0.1) is 0 Å². The molecule has 8 nitrogen and oxygen atoms in total. The molecule has 2 amide bonds. The van der Waals surface area contributed by atoms with E-state index in [4.69, 9.17) is 24.4 Å². The van der Waals surface area contributed by atoms with Gasteiger partial charge in [0.1, 0.15) is 0 Å². The van der Waals surface area contributed by atoms with Crippen LogP contribution in [-0.2, 0) is 9.59 Å². The van der Waals surface area contributed by atoms with Crippen LogP contribution in [0.25, 0.3) is 0 Å². The van der Waals surface area contributed by atoms with Crippen molar-refractivity contribution in [3.8, 4) is 0 Å². The molecule has 0 unspecified atom stereocenters. The monoisotopic (exact) mass is 424 g/mol. The topological polar surface area (TPSA) is 106 Å². The molecule has 0 saturated heterocycles. The molecular formula is C18H28N6O2S2. The van der Waals surface area contributed by atoms with Gasteiger partial charge >= 0.3 is 11.8 Å². The first-order valence-electron chi connectivity index (χ1n) is 10.2. The summed E-state index contributed by atoms with van der Waals surface area (Å²) in [5.74, 6) is 1.25. The largest absolute Gasteiger partial charge is 0.358 e. The fourth-order valence-electron chi connectivity index (χ4n) is 5.59. The smallest absolute Gasteiger partial charge is 0.329 e. The SMILES string of the molecule is O=C(NNC(=S)N[C@H]1C[C@@H]2CC[C@@H]1C2)C(=O)NNC(=S)N[C@@H]1C[C@@H]2CC[C@@H]1C2. The minimum absolute atomic E-state index is 0.333. The maximum Gasteiger partial charge on any atom is 0.329 e. The number of rotatable bonds is 2. The van der Waals surface area contributed by atoms with Gasteiger partial charge in [-0.05, 0) is 86.6 Å². The average Bonchev–Trinajstić information content (AvgIpc) is 3.45. The Hall–Kier alpha value is -1.68. The summed E-state index contributed by atoms with van der Waals surface area (Å²) in [6.07, 6.45) is 9.87. The highest BCUT2D eigenvalue weighted by atomic mass is 32.1. The predicted molar refractivity (Wildman–Crippen MR) is 112 cm³/mol. The summed E-state index contributed by atoms with van der Waals surface area (Å²) in [7, 11) is 0. The summed E-state index contributed by atoms with van der Waals surface area (Å²) in [5, 5.41) is 7.14. The number of carbonyl (C=O) groups is 2. The minimum Gasteiger partial charge on any atom is -0.358 e. The van der Waals surface area contributed by atoms with Gasteiger partial charge in [-0.2, -0.15) is 0 Å². The third-order valence-electron chi connectivity index (χ3n) is 6.89. The Labute approximate surface area is 175 Å². The number of nitrogens with one attached hydrogen (secondary N) is 6. The van der Waals surface area contributed by atoms with Crippen molar-refractivity contribution in [3.05, 3.63) is 0 Å². The molecule has 0 aliphatic heterocycles. The van der Waals surface area contributed by atoms with E-state index in [-0.39, 0.29) is 0 Å². The van der Waals surface area contributed by atoms with Crippen LogP contribution in [0.15, 0.2) is 0 Å². The zero-order valence-corrected chi connectivity index (χ0v) is 17.4. The van der Waals surface area contributed by atoms with E-state index in [2.05, 4.69) is 32.3 Å². The third-order valence-corrected chi connectivity index (χ3v) is 7.33. The standard InChI is InChI=1S/C18H28N6O2S2/c25-15(21-23-17(27)19-13-7-9-1-3-11(13)5-9)16(26)22-24-18(28)20-14-8-10-2-4-12(14)6-10/h9-14H,1-8H2,(H,21,25)(H,22,26)(H2,19,23,27)(H2,20,24,28)/t9-,10-,11-,12-,13-,14+/m1/s1. The van der Waals surface area contributed by atoms with Gasteiger partial charge in [-0.3, -0.25) is 31.3 Å². The number of carbonyl (C=O) groups excluding carboxylic acids is 2. The Morgan fingerprint density at radius 2 is 1.04 bits per heavy atom. The Morgan fingerprint density at radius 3 is 1.36 bits per heavy atom. The lowest BCUT2D eigenvalue weighted by Gasteiger charge is -2.25. The highest BCUT2D eigenvalue weighted by Crippen LogP contribution is 2.45. The van der Waals surface area contributed by atoms with Crippen LogP contribution in [0, 0.1) is 23.7 Å². The summed E-state index contributed by atoms with van der Waals surface area (Å²) >= 11 is 10.4. The Balaban J connectivity index is 1.10. The average molecular weight is 425 g/mol. The Bertz CT molecular complexity index is 618. The van der Waals surface area contributed by atoms with Crippen LogP contribution in [0.3, 0.4) is 0 Å². The van der Waals surface area contributed by atoms with Gasteiger partial charge in [0, 0.05) is 12.1 Å². The molecule has 0 heterocycles. The summed E-state index contributed by atoms with van der Waals surface area (Å²) in [6.45, 7) is 0. The fourth-order valence-corrected chi connectivity index (χ4v) is 6.00. The van der Waals surface area contributed by atoms with Gasteiger partial charge in [0.15, 0.2) is 10.2 Å². The number of fused-ring (bicyclic) bond motifs is 4. The second-order valence-electron chi connectivity index (χ2n) is 8.67. The zero-order valence-electron chi connectivity index (χ0n) is 15.8. The van der Waals surface area contributed by atoms with Gasteiger partial charge in [0.25, 0.3) is 0 Å². The first-order valence-corrected chi connectivity index (χ1v) is 11.0. The van der Waals surface area contributed by atoms with Crippen LogP contribution in [-0.4, -0.2) is 34.1 Å². The molecule has 6 atom stereocenters. The van der Waals surface area contributed by atoms with E-state index in [0.717, 1.165) is 24.7 Å². The van der Waals surface area contributed by atoms with Crippen LogP contribution in [0.1, 0.15) is 51.4 Å². The highest BCUT2D eigenvalue weighted by Gasteiger charge is 2.40. The molecule has 4 saturated carbocycles. The zero-order chi connectivity index (χ0) is 19.7. The summed E-state index contributed by atoms with van der Waals surface area (Å²) in [4.78, 5) is 23.8. The predicted octanol–water partition coefficient (Wildman–Crippen LogP) is 0.354. The molecule has 4 fully saturated rings. The fraction of sp³-hybridized carbons (Fsp3) is 0.778. The van der Waals surface area contributed by atoms with Gasteiger partial charge in [-0.25, -0.2) is 0 Å². The molecule has 4 bridgehead atoms. The summed E-state index contributed by atoms with van der Waals surface area (Å²) in [6, 6.07) is 0.723. The number of hydrazine groups is 2. The van der Waals surface area contributed by atoms with Crippen LogP contribution < -0.4 is 32.3 Å². The van der Waals surface area contributed by atoms with E-state index in [1.165, 1.54) is 38.5 Å². The van der Waals surface area contributed by atoms with Gasteiger partial charge in [0.2, 0.25) is 0 Å². The molecule has 4 aliphatic carbocycles. The van der Waals surface area contributed by atoms with Crippen molar-refractivity contribution in [1.82, 2.24) is 32.3 Å². The van der Waals surface area contributed by atoms with Gasteiger partial charge in [-0.1, -0.05) is 12.8 Å². The van der Waals surface area contributed by atoms with Crippen molar-refractivity contribution in [2.45, 2.75) is 63.5 Å².